The summed E-state index contributed by atoms with van der Waals surface area (Å²) in [6.07, 6.45) is 0.839. The highest BCUT2D eigenvalue weighted by molar-refractivity contribution is 5.95. The first-order valence-electron chi connectivity index (χ1n) is 9.32. The van der Waals surface area contributed by atoms with E-state index in [2.05, 4.69) is 4.99 Å². The Morgan fingerprint density at radius 3 is 2.41 bits per heavy atom. The van der Waals surface area contributed by atoms with E-state index in [1.807, 2.05) is 12.1 Å². The van der Waals surface area contributed by atoms with Gasteiger partial charge in [0.05, 0.1) is 19.7 Å². The molecule has 8 heteroatoms. The van der Waals surface area contributed by atoms with E-state index < -0.39 is 6.09 Å². The predicted octanol–water partition coefficient (Wildman–Crippen LogP) is 2.63. The number of amides is 2. The fourth-order valence-corrected chi connectivity index (χ4v) is 3.26. The lowest BCUT2D eigenvalue weighted by atomic mass is 10.2. The summed E-state index contributed by atoms with van der Waals surface area (Å²) in [7, 11) is 0. The number of hydrogen-bond donors (Lipinski definition) is 0. The zero-order chi connectivity index (χ0) is 20.2. The van der Waals surface area contributed by atoms with Crippen molar-refractivity contribution in [2.45, 2.75) is 6.10 Å². The van der Waals surface area contributed by atoms with Crippen LogP contribution in [0.25, 0.3) is 0 Å². The molecule has 2 saturated heterocycles. The minimum absolute atomic E-state index is 0.0799. The smallest absolute Gasteiger partial charge is 0.414 e. The van der Waals surface area contributed by atoms with Crippen LogP contribution < -0.4 is 9.80 Å². The number of cyclic esters (lactones) is 1. The number of benzene rings is 2. The molecule has 0 N–H and O–H groups in total. The minimum atomic E-state index is -0.429. The lowest BCUT2D eigenvalue weighted by Gasteiger charge is -2.27. The number of carbonyl (C=O) groups excluding carboxylic acids is 2. The molecule has 0 aliphatic carbocycles. The maximum absolute atomic E-state index is 12.9. The molecule has 2 heterocycles. The molecule has 2 amide bonds. The highest BCUT2D eigenvalue weighted by Crippen LogP contribution is 2.25. The quantitative estimate of drug-likeness (QED) is 0.728. The number of rotatable bonds is 5. The Balaban J connectivity index is 1.36. The first-order chi connectivity index (χ1) is 14.1. The van der Waals surface area contributed by atoms with Gasteiger partial charge in [0.15, 0.2) is 0 Å². The topological polar surface area (TPSA) is 71.4 Å². The summed E-state index contributed by atoms with van der Waals surface area (Å²) in [5.74, 6) is -0.379. The Morgan fingerprint density at radius 2 is 1.72 bits per heavy atom. The molecule has 1 atom stereocenters. The summed E-state index contributed by atoms with van der Waals surface area (Å²) in [6.45, 7) is 1.81. The van der Waals surface area contributed by atoms with Gasteiger partial charge >= 0.3 is 6.09 Å². The molecular weight excluding hydrogens is 377 g/mol. The maximum Gasteiger partial charge on any atom is 0.414 e. The maximum atomic E-state index is 12.9. The van der Waals surface area contributed by atoms with Crippen molar-refractivity contribution >= 4 is 29.6 Å². The Hall–Kier alpha value is -3.26. The van der Waals surface area contributed by atoms with Gasteiger partial charge in [-0.2, -0.15) is 0 Å². The summed E-state index contributed by atoms with van der Waals surface area (Å²) in [6, 6.07) is 13.2. The van der Waals surface area contributed by atoms with Gasteiger partial charge < -0.3 is 14.4 Å². The van der Waals surface area contributed by atoms with Crippen molar-refractivity contribution < 1.29 is 23.5 Å². The van der Waals surface area contributed by atoms with Crippen LogP contribution in [-0.2, 0) is 14.3 Å². The SMILES string of the molecule is O=C1COCCN1c1ccc(N2C[C@H](CN=Cc3ccc(F)cc3)OC2=O)cc1. The van der Waals surface area contributed by atoms with Crippen LogP contribution >= 0.6 is 0 Å². The number of anilines is 2. The average molecular weight is 397 g/mol. The van der Waals surface area contributed by atoms with Gasteiger partial charge in [-0.3, -0.25) is 14.7 Å². The molecule has 29 heavy (non-hydrogen) atoms. The molecule has 0 spiro atoms. The molecule has 0 unspecified atom stereocenters. The van der Waals surface area contributed by atoms with Crippen molar-refractivity contribution in [1.29, 1.82) is 0 Å². The molecule has 2 aliphatic rings. The van der Waals surface area contributed by atoms with E-state index in [1.165, 1.54) is 12.1 Å². The molecule has 0 aromatic heterocycles. The molecule has 150 valence electrons. The molecule has 4 rings (SSSR count). The van der Waals surface area contributed by atoms with E-state index in [9.17, 15) is 14.0 Å². The summed E-state index contributed by atoms with van der Waals surface area (Å²) < 4.78 is 23.4. The van der Waals surface area contributed by atoms with Crippen LogP contribution in [0.1, 0.15) is 5.56 Å². The van der Waals surface area contributed by atoms with Gasteiger partial charge in [0.25, 0.3) is 5.91 Å². The summed E-state index contributed by atoms with van der Waals surface area (Å²) in [5, 5.41) is 0. The Bertz CT molecular complexity index is 915. The molecule has 7 nitrogen and oxygen atoms in total. The fourth-order valence-electron chi connectivity index (χ4n) is 3.26. The lowest BCUT2D eigenvalue weighted by molar-refractivity contribution is -0.125. The van der Waals surface area contributed by atoms with Crippen LogP contribution in [-0.4, -0.2) is 57.2 Å². The molecule has 2 fully saturated rings. The van der Waals surface area contributed by atoms with Gasteiger partial charge in [0.2, 0.25) is 0 Å². The highest BCUT2D eigenvalue weighted by Gasteiger charge is 2.32. The van der Waals surface area contributed by atoms with Gasteiger partial charge in [-0.1, -0.05) is 12.1 Å². The van der Waals surface area contributed by atoms with Gasteiger partial charge in [-0.05, 0) is 42.0 Å². The van der Waals surface area contributed by atoms with Crippen molar-refractivity contribution in [3.63, 3.8) is 0 Å². The molecular formula is C21H20FN3O4. The fraction of sp³-hybridized carbons (Fsp3) is 0.286. The van der Waals surface area contributed by atoms with Crippen LogP contribution in [0.5, 0.6) is 0 Å². The normalized spacial score (nSPS) is 19.8. The molecule has 2 aromatic carbocycles. The average Bonchev–Trinajstić information content (AvgIpc) is 3.10. The molecule has 0 radical (unpaired) electrons. The molecule has 0 bridgehead atoms. The van der Waals surface area contributed by atoms with Gasteiger partial charge in [-0.15, -0.1) is 0 Å². The number of halogens is 1. The molecule has 2 aromatic rings. The Morgan fingerprint density at radius 1 is 1.03 bits per heavy atom. The largest absolute Gasteiger partial charge is 0.442 e. The van der Waals surface area contributed by atoms with Crippen molar-refractivity contribution in [2.24, 2.45) is 4.99 Å². The number of nitrogens with zero attached hydrogens (tertiary/aromatic N) is 3. The summed E-state index contributed by atoms with van der Waals surface area (Å²) in [5.41, 5.74) is 2.25. The predicted molar refractivity (Wildman–Crippen MR) is 106 cm³/mol. The first kappa shape index (κ1) is 19.1. The number of aliphatic imine (C=N–C) groups is 1. The third-order valence-electron chi connectivity index (χ3n) is 4.75. The molecule has 0 saturated carbocycles. The number of carbonyl (C=O) groups is 2. The van der Waals surface area contributed by atoms with Crippen molar-refractivity contribution in [3.8, 4) is 0 Å². The van der Waals surface area contributed by atoms with Gasteiger partial charge in [0, 0.05) is 24.1 Å². The molecule has 2 aliphatic heterocycles. The van der Waals surface area contributed by atoms with E-state index in [4.69, 9.17) is 9.47 Å². The van der Waals surface area contributed by atoms with Crippen molar-refractivity contribution in [1.82, 2.24) is 0 Å². The second-order valence-electron chi connectivity index (χ2n) is 6.78. The highest BCUT2D eigenvalue weighted by atomic mass is 19.1. The third kappa shape index (κ3) is 4.43. The second-order valence-corrected chi connectivity index (χ2v) is 6.78. The minimum Gasteiger partial charge on any atom is -0.442 e. The second kappa shape index (κ2) is 8.40. The Labute approximate surface area is 167 Å². The van der Waals surface area contributed by atoms with Crippen LogP contribution in [0.4, 0.5) is 20.6 Å². The van der Waals surface area contributed by atoms with E-state index in [0.29, 0.717) is 31.9 Å². The third-order valence-corrected chi connectivity index (χ3v) is 4.75. The lowest BCUT2D eigenvalue weighted by Crippen LogP contribution is -2.41. The van der Waals surface area contributed by atoms with Crippen molar-refractivity contribution in [2.75, 3.05) is 42.6 Å². The van der Waals surface area contributed by atoms with Crippen LogP contribution in [0.15, 0.2) is 53.5 Å². The monoisotopic (exact) mass is 397 g/mol. The van der Waals surface area contributed by atoms with Crippen LogP contribution in [0.2, 0.25) is 0 Å². The van der Waals surface area contributed by atoms with E-state index in [0.717, 1.165) is 11.3 Å². The number of morpholine rings is 1. The Kier molecular flexibility index (Phi) is 5.53. The summed E-state index contributed by atoms with van der Waals surface area (Å²) in [4.78, 5) is 31.7. The van der Waals surface area contributed by atoms with Crippen molar-refractivity contribution in [3.05, 3.63) is 59.9 Å². The van der Waals surface area contributed by atoms with E-state index in [-0.39, 0.29) is 24.4 Å². The van der Waals surface area contributed by atoms with Crippen LogP contribution in [0.3, 0.4) is 0 Å². The van der Waals surface area contributed by atoms with E-state index in [1.54, 1.807) is 40.3 Å². The summed E-state index contributed by atoms with van der Waals surface area (Å²) >= 11 is 0. The number of hydrogen-bond acceptors (Lipinski definition) is 5. The van der Waals surface area contributed by atoms with Gasteiger partial charge in [-0.25, -0.2) is 9.18 Å². The van der Waals surface area contributed by atoms with Gasteiger partial charge in [0.1, 0.15) is 18.5 Å². The zero-order valence-electron chi connectivity index (χ0n) is 15.7. The number of ether oxygens (including phenoxy) is 2. The zero-order valence-corrected chi connectivity index (χ0v) is 15.7. The standard InChI is InChI=1S/C21H20FN3O4/c22-16-3-1-15(2-4-16)11-23-12-19-13-25(21(27)29-19)18-7-5-17(6-8-18)24-9-10-28-14-20(24)26/h1-8,11,19H,9-10,12-14H2/t19-/m0/s1. The van der Waals surface area contributed by atoms with Crippen LogP contribution in [0, 0.1) is 5.82 Å². The first-order valence-corrected chi connectivity index (χ1v) is 9.32. The van der Waals surface area contributed by atoms with E-state index >= 15 is 0 Å².